The lowest BCUT2D eigenvalue weighted by Crippen LogP contribution is -2.15. The Morgan fingerprint density at radius 1 is 0.317 bits per heavy atom. The summed E-state index contributed by atoms with van der Waals surface area (Å²) < 4.78 is 211. The van der Waals surface area contributed by atoms with Crippen LogP contribution in [0.4, 0.5) is 70.2 Å². The van der Waals surface area contributed by atoms with Crippen LogP contribution in [0.5, 0.6) is 0 Å². The molecule has 0 fully saturated rings. The summed E-state index contributed by atoms with van der Waals surface area (Å²) in [6.45, 7) is 0. The van der Waals surface area contributed by atoms with Crippen LogP contribution in [0.3, 0.4) is 0 Å². The minimum Gasteiger partial charge on any atom is -0.204 e. The lowest BCUT2D eigenvalue weighted by Gasteiger charge is -2.11. The van der Waals surface area contributed by atoms with Gasteiger partial charge in [0.1, 0.15) is 0 Å². The third-order valence-corrected chi connectivity index (χ3v) is 6.05. The maximum atomic E-state index is 13.6. The predicted octanol–water partition coefficient (Wildman–Crippen LogP) is 6.92. The highest BCUT2D eigenvalue weighted by Crippen LogP contribution is 2.35. The second kappa shape index (κ2) is 11.5. The van der Waals surface area contributed by atoms with Crippen LogP contribution in [0.15, 0.2) is 18.2 Å². The molecule has 0 aliphatic heterocycles. The van der Waals surface area contributed by atoms with E-state index in [-0.39, 0.29) is 10.2 Å². The van der Waals surface area contributed by atoms with E-state index < -0.39 is 121 Å². The SMILES string of the molecule is Fc1c([SiH3])cc(-c2c(F)c(F)c(F)c(F)c2F)c(F)c1F.Fc1ccc(-c2c(F)c(F)c(F)c(F)c2F)c(F)c1F. The van der Waals surface area contributed by atoms with Gasteiger partial charge < -0.3 is 0 Å². The molecule has 4 aromatic rings. The number of rotatable bonds is 2. The van der Waals surface area contributed by atoms with Crippen LogP contribution in [0, 0.1) is 93.1 Å². The summed E-state index contributed by atoms with van der Waals surface area (Å²) in [4.78, 5) is 0. The van der Waals surface area contributed by atoms with Crippen molar-refractivity contribution < 1.29 is 70.2 Å². The zero-order chi connectivity index (χ0) is 31.2. The van der Waals surface area contributed by atoms with Crippen LogP contribution >= 0.6 is 0 Å². The highest BCUT2D eigenvalue weighted by atomic mass is 28.1. The summed E-state index contributed by atoms with van der Waals surface area (Å²) in [5, 5.41) is -0.423. The van der Waals surface area contributed by atoms with Crippen LogP contribution in [-0.4, -0.2) is 10.2 Å². The molecule has 0 saturated carbocycles. The summed E-state index contributed by atoms with van der Waals surface area (Å²) >= 11 is 0. The molecule has 41 heavy (non-hydrogen) atoms. The Morgan fingerprint density at radius 2 is 0.634 bits per heavy atom. The van der Waals surface area contributed by atoms with Gasteiger partial charge in [-0.1, -0.05) is 0 Å². The maximum Gasteiger partial charge on any atom is 0.200 e. The Labute approximate surface area is 219 Å². The monoisotopic (exact) mass is 626 g/mol. The van der Waals surface area contributed by atoms with E-state index in [1.165, 1.54) is 0 Å². The molecule has 0 amide bonds. The van der Waals surface area contributed by atoms with Crippen molar-refractivity contribution in [2.24, 2.45) is 0 Å². The van der Waals surface area contributed by atoms with Gasteiger partial charge in [0, 0.05) is 21.4 Å². The first kappa shape index (κ1) is 31.5. The van der Waals surface area contributed by atoms with Gasteiger partial charge in [0.05, 0.1) is 11.1 Å². The van der Waals surface area contributed by atoms with Gasteiger partial charge in [-0.2, -0.15) is 0 Å². The molecular formula is C24H6F16Si. The quantitative estimate of drug-likeness (QED) is 0.0982. The van der Waals surface area contributed by atoms with Gasteiger partial charge in [0.2, 0.25) is 11.6 Å². The molecular weight excluding hydrogens is 620 g/mol. The Bertz CT molecular complexity index is 1660. The lowest BCUT2D eigenvalue weighted by molar-refractivity contribution is 0.380. The summed E-state index contributed by atoms with van der Waals surface area (Å²) in [7, 11) is -0.175. The average molecular weight is 626 g/mol. The fourth-order valence-corrected chi connectivity index (χ4v) is 3.82. The summed E-state index contributed by atoms with van der Waals surface area (Å²) in [6, 6.07) is 1.18. The van der Waals surface area contributed by atoms with Crippen molar-refractivity contribution in [3.05, 3.63) is 111 Å². The molecule has 0 aliphatic carbocycles. The second-order valence-electron chi connectivity index (χ2n) is 7.80. The first-order valence-corrected chi connectivity index (χ1v) is 11.3. The minimum atomic E-state index is -2.44. The van der Waals surface area contributed by atoms with Crippen LogP contribution < -0.4 is 5.19 Å². The van der Waals surface area contributed by atoms with Crippen LogP contribution in [0.2, 0.25) is 0 Å². The third kappa shape index (κ3) is 5.25. The van der Waals surface area contributed by atoms with Crippen molar-refractivity contribution in [3.8, 4) is 22.3 Å². The largest absolute Gasteiger partial charge is 0.204 e. The molecule has 0 N–H and O–H groups in total. The molecule has 0 spiro atoms. The number of halogens is 16. The summed E-state index contributed by atoms with van der Waals surface area (Å²) in [5.41, 5.74) is -5.82. The minimum absolute atomic E-state index is 0.175. The smallest absolute Gasteiger partial charge is 0.200 e. The molecule has 17 heteroatoms. The van der Waals surface area contributed by atoms with E-state index in [4.69, 9.17) is 0 Å². The number of benzene rings is 4. The van der Waals surface area contributed by atoms with Gasteiger partial charge in [-0.15, -0.1) is 0 Å². The standard InChI is InChI=1S/C12H4F8Si.C12H2F8/c13-5-2(1-3(21)6(14)9(5)17)4-7(15)10(18)12(20)11(19)8(4)16;13-4-2-1-3(6(14)7(4)15)5-8(16)10(18)12(20)11(19)9(5)17/h1H,21H3;1-2H. The number of hydrogen-bond acceptors (Lipinski definition) is 0. The van der Waals surface area contributed by atoms with Crippen molar-refractivity contribution in [2.75, 3.05) is 0 Å². The van der Waals surface area contributed by atoms with Crippen molar-refractivity contribution in [1.82, 2.24) is 0 Å². The fraction of sp³-hybridized carbons (Fsp3) is 0. The average Bonchev–Trinajstić information content (AvgIpc) is 2.94. The molecule has 4 rings (SSSR count). The molecule has 0 saturated heterocycles. The van der Waals surface area contributed by atoms with Gasteiger partial charge in [0.15, 0.2) is 81.4 Å². The zero-order valence-electron chi connectivity index (χ0n) is 19.3. The molecule has 0 radical (unpaired) electrons. The lowest BCUT2D eigenvalue weighted by atomic mass is 10.0. The Balaban J connectivity index is 0.000000226. The molecule has 0 aromatic heterocycles. The highest BCUT2D eigenvalue weighted by molar-refractivity contribution is 6.32. The van der Waals surface area contributed by atoms with Crippen LogP contribution in [0.25, 0.3) is 22.3 Å². The van der Waals surface area contributed by atoms with E-state index in [1.807, 2.05) is 0 Å². The summed E-state index contributed by atoms with van der Waals surface area (Å²) in [5.74, 6) is -34.9. The molecule has 0 unspecified atom stereocenters. The normalized spacial score (nSPS) is 11.1. The number of hydrogen-bond donors (Lipinski definition) is 0. The van der Waals surface area contributed by atoms with Crippen molar-refractivity contribution >= 4 is 15.4 Å². The van der Waals surface area contributed by atoms with Gasteiger partial charge in [-0.05, 0) is 23.4 Å². The van der Waals surface area contributed by atoms with Crippen molar-refractivity contribution in [1.29, 1.82) is 0 Å². The maximum absolute atomic E-state index is 13.6. The second-order valence-corrected chi connectivity index (χ2v) is 8.87. The predicted molar refractivity (Wildman–Crippen MR) is 113 cm³/mol. The fourth-order valence-electron chi connectivity index (χ4n) is 3.31. The molecule has 218 valence electrons. The van der Waals surface area contributed by atoms with E-state index in [1.54, 1.807) is 0 Å². The first-order chi connectivity index (χ1) is 18.9. The summed E-state index contributed by atoms with van der Waals surface area (Å²) in [6.07, 6.45) is 0. The third-order valence-electron chi connectivity index (χ3n) is 5.32. The molecule has 0 nitrogen and oxygen atoms in total. The highest BCUT2D eigenvalue weighted by Gasteiger charge is 2.31. The van der Waals surface area contributed by atoms with E-state index in [0.717, 1.165) is 0 Å². The molecule has 0 aliphatic rings. The topological polar surface area (TPSA) is 0 Å². The van der Waals surface area contributed by atoms with Gasteiger partial charge >= 0.3 is 0 Å². The molecule has 0 bridgehead atoms. The Hall–Kier alpha value is -4.02. The Kier molecular flexibility index (Phi) is 8.80. The van der Waals surface area contributed by atoms with Gasteiger partial charge in [-0.25, -0.2) is 70.2 Å². The first-order valence-electron chi connectivity index (χ1n) is 10.3. The molecule has 0 heterocycles. The van der Waals surface area contributed by atoms with Crippen molar-refractivity contribution in [2.45, 2.75) is 0 Å². The molecule has 4 aromatic carbocycles. The van der Waals surface area contributed by atoms with E-state index in [0.29, 0.717) is 18.2 Å². The zero-order valence-corrected chi connectivity index (χ0v) is 21.3. The van der Waals surface area contributed by atoms with Crippen molar-refractivity contribution in [3.63, 3.8) is 0 Å². The molecule has 0 atom stereocenters. The van der Waals surface area contributed by atoms with Crippen LogP contribution in [0.1, 0.15) is 0 Å². The van der Waals surface area contributed by atoms with Crippen LogP contribution in [-0.2, 0) is 0 Å². The van der Waals surface area contributed by atoms with Gasteiger partial charge in [0.25, 0.3) is 0 Å². The van der Waals surface area contributed by atoms with E-state index in [9.17, 15) is 70.2 Å². The van der Waals surface area contributed by atoms with E-state index >= 15 is 0 Å². The van der Waals surface area contributed by atoms with E-state index in [2.05, 4.69) is 0 Å². The Morgan fingerprint density at radius 3 is 1.05 bits per heavy atom. The van der Waals surface area contributed by atoms with Gasteiger partial charge in [-0.3, -0.25) is 0 Å².